The van der Waals surface area contributed by atoms with E-state index in [0.29, 0.717) is 0 Å². The summed E-state index contributed by atoms with van der Waals surface area (Å²) in [5, 5.41) is 0. The molecule has 0 fully saturated rings. The van der Waals surface area contributed by atoms with Gasteiger partial charge in [-0.05, 0) is 42.0 Å². The molecule has 0 bridgehead atoms. The molecule has 1 unspecified atom stereocenters. The van der Waals surface area contributed by atoms with Gasteiger partial charge in [0.2, 0.25) is 0 Å². The van der Waals surface area contributed by atoms with E-state index >= 15 is 0 Å². The molecule has 0 aliphatic rings. The first kappa shape index (κ1) is 15.9. The molecule has 0 N–H and O–H groups in total. The van der Waals surface area contributed by atoms with Crippen molar-refractivity contribution in [3.63, 3.8) is 0 Å². The molecule has 0 aliphatic carbocycles. The van der Waals surface area contributed by atoms with Crippen LogP contribution < -0.4 is 0 Å². The number of hydrogen-bond donors (Lipinski definition) is 0. The van der Waals surface area contributed by atoms with Crippen LogP contribution in [0.15, 0.2) is 0 Å². The summed E-state index contributed by atoms with van der Waals surface area (Å²) in [5.74, 6) is 0. The van der Waals surface area contributed by atoms with Crippen LogP contribution in [0.3, 0.4) is 0 Å². The Bertz CT molecular complexity index is 204. The lowest BCUT2D eigenvalue weighted by Gasteiger charge is -2.40. The number of ether oxygens (including phenoxy) is 1. The third kappa shape index (κ3) is 4.81. The van der Waals surface area contributed by atoms with E-state index in [1.807, 2.05) is 0 Å². The van der Waals surface area contributed by atoms with E-state index in [0.717, 1.165) is 6.61 Å². The molecule has 0 saturated heterocycles. The van der Waals surface area contributed by atoms with Crippen molar-refractivity contribution in [1.82, 2.24) is 9.80 Å². The fourth-order valence-corrected chi connectivity index (χ4v) is 1.59. The molecule has 0 aliphatic heterocycles. The van der Waals surface area contributed by atoms with Crippen LogP contribution in [-0.4, -0.2) is 56.4 Å². The fraction of sp³-hybridized carbons (Fsp3) is 1.00. The lowest BCUT2D eigenvalue weighted by molar-refractivity contribution is -0.123. The van der Waals surface area contributed by atoms with E-state index in [4.69, 9.17) is 4.74 Å². The molecule has 0 amide bonds. The quantitative estimate of drug-likeness (QED) is 0.674. The Morgan fingerprint density at radius 1 is 0.938 bits per heavy atom. The van der Waals surface area contributed by atoms with Crippen LogP contribution in [-0.2, 0) is 4.74 Å². The Kier molecular flexibility index (Phi) is 5.44. The molecule has 0 aromatic rings. The molecule has 0 rings (SSSR count). The predicted molar refractivity (Wildman–Crippen MR) is 70.6 cm³/mol. The Labute approximate surface area is 102 Å². The van der Waals surface area contributed by atoms with Gasteiger partial charge < -0.3 is 9.64 Å². The third-order valence-electron chi connectivity index (χ3n) is 3.01. The van der Waals surface area contributed by atoms with Crippen molar-refractivity contribution < 1.29 is 4.74 Å². The van der Waals surface area contributed by atoms with Gasteiger partial charge in [-0.1, -0.05) is 20.8 Å². The zero-order valence-corrected chi connectivity index (χ0v) is 12.6. The molecule has 0 heterocycles. The van der Waals surface area contributed by atoms with Crippen molar-refractivity contribution >= 4 is 0 Å². The Morgan fingerprint density at radius 3 is 1.62 bits per heavy atom. The van der Waals surface area contributed by atoms with Gasteiger partial charge in [0.05, 0.1) is 6.61 Å². The summed E-state index contributed by atoms with van der Waals surface area (Å²) in [5.41, 5.74) is 0.200. The highest BCUT2D eigenvalue weighted by atomic mass is 16.5. The zero-order chi connectivity index (χ0) is 13.1. The normalized spacial score (nSPS) is 15.9. The van der Waals surface area contributed by atoms with Gasteiger partial charge in [0.1, 0.15) is 6.23 Å². The van der Waals surface area contributed by atoms with Gasteiger partial charge in [-0.15, -0.1) is 0 Å². The molecule has 0 saturated carbocycles. The van der Waals surface area contributed by atoms with Crippen molar-refractivity contribution in [1.29, 1.82) is 0 Å². The monoisotopic (exact) mass is 230 g/mol. The molecule has 0 radical (unpaired) electrons. The predicted octanol–water partition coefficient (Wildman–Crippen LogP) is 2.28. The van der Waals surface area contributed by atoms with Gasteiger partial charge in [0.25, 0.3) is 0 Å². The summed E-state index contributed by atoms with van der Waals surface area (Å²) >= 11 is 0. The van der Waals surface area contributed by atoms with Crippen LogP contribution in [0.25, 0.3) is 0 Å². The van der Waals surface area contributed by atoms with Crippen molar-refractivity contribution in [2.45, 2.75) is 46.4 Å². The molecule has 0 aromatic heterocycles. The van der Waals surface area contributed by atoms with E-state index < -0.39 is 0 Å². The first-order valence-electron chi connectivity index (χ1n) is 5.94. The summed E-state index contributed by atoms with van der Waals surface area (Å²) in [4.78, 5) is 4.34. The van der Waals surface area contributed by atoms with Gasteiger partial charge in [0.15, 0.2) is 0 Å². The first-order chi connectivity index (χ1) is 6.98. The second-order valence-corrected chi connectivity index (χ2v) is 6.70. The number of hydrogen-bond acceptors (Lipinski definition) is 3. The number of likely N-dealkylation sites (N-methyl/N-ethyl adjacent to an activating group) is 1. The maximum atomic E-state index is 6.08. The highest BCUT2D eigenvalue weighted by molar-refractivity contribution is 4.79. The molecule has 98 valence electrons. The third-order valence-corrected chi connectivity index (χ3v) is 3.01. The zero-order valence-electron chi connectivity index (χ0n) is 12.6. The summed E-state index contributed by atoms with van der Waals surface area (Å²) in [6, 6.07) is 0. The first-order valence-corrected chi connectivity index (χ1v) is 5.94. The van der Waals surface area contributed by atoms with Crippen molar-refractivity contribution in [2.75, 3.05) is 34.8 Å². The van der Waals surface area contributed by atoms with Crippen LogP contribution in [0.2, 0.25) is 0 Å². The highest BCUT2D eigenvalue weighted by Gasteiger charge is 2.30. The maximum absolute atomic E-state index is 6.08. The Hall–Kier alpha value is -0.120. The molecular formula is C13H30N2O. The summed E-state index contributed by atoms with van der Waals surface area (Å²) in [7, 11) is 8.31. The Balaban J connectivity index is 4.46. The highest BCUT2D eigenvalue weighted by Crippen LogP contribution is 2.25. The van der Waals surface area contributed by atoms with E-state index in [2.05, 4.69) is 72.6 Å². The average Bonchev–Trinajstić information content (AvgIpc) is 1.99. The maximum Gasteiger partial charge on any atom is 0.115 e. The molecule has 1 atom stereocenters. The standard InChI is InChI=1S/C13H30N2O/c1-12(2,3)11(14(6)7)16-10-13(4,5)15(8)9/h11H,10H2,1-9H3. The summed E-state index contributed by atoms with van der Waals surface area (Å²) in [6.45, 7) is 11.8. The van der Waals surface area contributed by atoms with Crippen molar-refractivity contribution in [2.24, 2.45) is 5.41 Å². The second-order valence-electron chi connectivity index (χ2n) is 6.70. The van der Waals surface area contributed by atoms with Gasteiger partial charge in [0, 0.05) is 11.0 Å². The van der Waals surface area contributed by atoms with Gasteiger partial charge in [-0.3, -0.25) is 4.90 Å². The van der Waals surface area contributed by atoms with E-state index in [1.54, 1.807) is 0 Å². The second kappa shape index (κ2) is 5.48. The van der Waals surface area contributed by atoms with Crippen LogP contribution in [0.1, 0.15) is 34.6 Å². The molecule has 3 heteroatoms. The fourth-order valence-electron chi connectivity index (χ4n) is 1.59. The van der Waals surface area contributed by atoms with Gasteiger partial charge >= 0.3 is 0 Å². The summed E-state index contributed by atoms with van der Waals surface area (Å²) in [6.07, 6.45) is 0.145. The van der Waals surface area contributed by atoms with Crippen molar-refractivity contribution in [3.8, 4) is 0 Å². The lowest BCUT2D eigenvalue weighted by atomic mass is 9.93. The largest absolute Gasteiger partial charge is 0.361 e. The Morgan fingerprint density at radius 2 is 1.38 bits per heavy atom. The average molecular weight is 230 g/mol. The number of rotatable bonds is 5. The van der Waals surface area contributed by atoms with Crippen LogP contribution >= 0.6 is 0 Å². The molecule has 3 nitrogen and oxygen atoms in total. The van der Waals surface area contributed by atoms with Crippen molar-refractivity contribution in [3.05, 3.63) is 0 Å². The minimum absolute atomic E-state index is 0.0690. The summed E-state index contributed by atoms with van der Waals surface area (Å²) < 4.78 is 6.08. The lowest BCUT2D eigenvalue weighted by Crippen LogP contribution is -2.48. The SMILES string of the molecule is CN(C)C(OCC(C)(C)N(C)C)C(C)(C)C. The molecule has 16 heavy (non-hydrogen) atoms. The topological polar surface area (TPSA) is 15.7 Å². The smallest absolute Gasteiger partial charge is 0.115 e. The van der Waals surface area contributed by atoms with Crippen LogP contribution in [0, 0.1) is 5.41 Å². The van der Waals surface area contributed by atoms with Gasteiger partial charge in [-0.2, -0.15) is 0 Å². The minimum Gasteiger partial charge on any atom is -0.361 e. The molecule has 0 aromatic carbocycles. The van der Waals surface area contributed by atoms with E-state index in [9.17, 15) is 0 Å². The van der Waals surface area contributed by atoms with E-state index in [-0.39, 0.29) is 17.2 Å². The molecule has 0 spiro atoms. The van der Waals surface area contributed by atoms with Crippen LogP contribution in [0.5, 0.6) is 0 Å². The minimum atomic E-state index is 0.0690. The number of nitrogens with zero attached hydrogens (tertiary/aromatic N) is 2. The van der Waals surface area contributed by atoms with E-state index in [1.165, 1.54) is 0 Å². The van der Waals surface area contributed by atoms with Crippen LogP contribution in [0.4, 0.5) is 0 Å². The molecular weight excluding hydrogens is 200 g/mol. The van der Waals surface area contributed by atoms with Gasteiger partial charge in [-0.25, -0.2) is 0 Å².